The minimum Gasteiger partial charge on any atom is -0.270 e. The Labute approximate surface area is 62.3 Å². The van der Waals surface area contributed by atoms with E-state index < -0.39 is 5.92 Å². The Kier molecular flexibility index (Phi) is 1.09. The molecular formula is C5H5N5O. The number of hydrogen-bond donors (Lipinski definition) is 0. The second kappa shape index (κ2) is 1.94. The van der Waals surface area contributed by atoms with E-state index in [4.69, 9.17) is 0 Å². The van der Waals surface area contributed by atoms with Crippen LogP contribution in [0.4, 0.5) is 0 Å². The molecule has 11 heavy (non-hydrogen) atoms. The fourth-order valence-corrected chi connectivity index (χ4v) is 0.969. The molecule has 2 rings (SSSR count). The highest BCUT2D eigenvalue weighted by molar-refractivity contribution is 6.17. The number of carbonyl (C=O) groups is 1. The minimum absolute atomic E-state index is 0.303. The minimum atomic E-state index is -0.405. The highest BCUT2D eigenvalue weighted by Gasteiger charge is 2.32. The quantitative estimate of drug-likeness (QED) is 0.482. The van der Waals surface area contributed by atoms with Crippen molar-refractivity contribution in [3.05, 3.63) is 0 Å². The van der Waals surface area contributed by atoms with Crippen LogP contribution in [-0.2, 0) is 4.79 Å². The lowest BCUT2D eigenvalue weighted by atomic mass is 10.1. The summed E-state index contributed by atoms with van der Waals surface area (Å²) in [5.74, 6) is -0.161. The number of hydrogen-bond acceptors (Lipinski definition) is 5. The van der Waals surface area contributed by atoms with Crippen molar-refractivity contribution in [1.82, 2.24) is 5.01 Å². The van der Waals surface area contributed by atoms with Crippen LogP contribution in [-0.4, -0.2) is 30.0 Å². The largest absolute Gasteiger partial charge is 0.282 e. The van der Waals surface area contributed by atoms with Crippen molar-refractivity contribution in [3.63, 3.8) is 0 Å². The molecule has 0 aliphatic carbocycles. The van der Waals surface area contributed by atoms with Crippen LogP contribution in [0.5, 0.6) is 0 Å². The summed E-state index contributed by atoms with van der Waals surface area (Å²) >= 11 is 0. The van der Waals surface area contributed by atoms with E-state index in [9.17, 15) is 4.79 Å². The second-order valence-corrected chi connectivity index (χ2v) is 2.25. The first-order valence-corrected chi connectivity index (χ1v) is 3.09. The molecule has 6 heteroatoms. The maximum atomic E-state index is 11.0. The van der Waals surface area contributed by atoms with Gasteiger partial charge >= 0.3 is 0 Å². The zero-order valence-electron chi connectivity index (χ0n) is 5.80. The molecule has 2 heterocycles. The van der Waals surface area contributed by atoms with Crippen LogP contribution in [0.2, 0.25) is 0 Å². The van der Waals surface area contributed by atoms with E-state index >= 15 is 0 Å². The maximum absolute atomic E-state index is 11.0. The molecule has 0 aromatic heterocycles. The van der Waals surface area contributed by atoms with Gasteiger partial charge in [0.05, 0.1) is 0 Å². The van der Waals surface area contributed by atoms with E-state index in [1.54, 1.807) is 7.05 Å². The summed E-state index contributed by atoms with van der Waals surface area (Å²) in [6, 6.07) is 0. The number of amidine groups is 1. The normalized spacial score (nSPS) is 27.4. The first-order valence-electron chi connectivity index (χ1n) is 3.09. The summed E-state index contributed by atoms with van der Waals surface area (Å²) in [5.41, 5.74) is 0. The van der Waals surface area contributed by atoms with E-state index in [-0.39, 0.29) is 5.91 Å². The van der Waals surface area contributed by atoms with E-state index in [0.29, 0.717) is 5.84 Å². The van der Waals surface area contributed by atoms with Gasteiger partial charge in [0.2, 0.25) is 0 Å². The predicted molar refractivity (Wildman–Crippen MR) is 37.0 cm³/mol. The van der Waals surface area contributed by atoms with Crippen molar-refractivity contribution in [1.29, 1.82) is 0 Å². The average Bonchev–Trinajstić information content (AvgIpc) is 2.35. The summed E-state index contributed by atoms with van der Waals surface area (Å²) in [4.78, 5) is 11.0. The zero-order valence-corrected chi connectivity index (χ0v) is 5.80. The fraction of sp³-hybridized carbons (Fsp3) is 0.400. The van der Waals surface area contributed by atoms with Crippen molar-refractivity contribution >= 4 is 18.0 Å². The molecule has 0 radical (unpaired) electrons. The fourth-order valence-electron chi connectivity index (χ4n) is 0.969. The van der Waals surface area contributed by atoms with Gasteiger partial charge in [-0.15, -0.1) is 5.10 Å². The molecular weight excluding hydrogens is 146 g/mol. The van der Waals surface area contributed by atoms with Gasteiger partial charge in [0.1, 0.15) is 5.92 Å². The predicted octanol–water partition coefficient (Wildman–Crippen LogP) is -0.160. The molecule has 1 amide bonds. The Bertz CT molecular complexity index is 291. The standard InChI is InChI=1S/C5H5N5O/c1-10-4-3(2-6-10)5(11)8-9-7-4/h2-3H,1H3. The third kappa shape index (κ3) is 0.754. The SMILES string of the molecule is CN1N=CC2C(=O)N=NN=C21. The van der Waals surface area contributed by atoms with Crippen LogP contribution in [0, 0.1) is 5.92 Å². The maximum Gasteiger partial charge on any atom is 0.282 e. The van der Waals surface area contributed by atoms with Crippen molar-refractivity contribution < 1.29 is 4.79 Å². The van der Waals surface area contributed by atoms with Crippen molar-refractivity contribution in [3.8, 4) is 0 Å². The molecule has 0 aromatic rings. The molecule has 2 aliphatic heterocycles. The summed E-state index contributed by atoms with van der Waals surface area (Å²) < 4.78 is 0. The Balaban J connectivity index is 2.41. The number of rotatable bonds is 0. The summed E-state index contributed by atoms with van der Waals surface area (Å²) in [7, 11) is 1.71. The van der Waals surface area contributed by atoms with Crippen LogP contribution in [0.3, 0.4) is 0 Å². The van der Waals surface area contributed by atoms with Crippen LogP contribution in [0.1, 0.15) is 0 Å². The molecule has 2 aliphatic rings. The Hall–Kier alpha value is -1.59. The molecule has 0 spiro atoms. The van der Waals surface area contributed by atoms with Crippen LogP contribution < -0.4 is 0 Å². The number of hydrazone groups is 1. The van der Waals surface area contributed by atoms with E-state index in [0.717, 1.165) is 0 Å². The van der Waals surface area contributed by atoms with Gasteiger partial charge in [-0.25, -0.2) is 0 Å². The molecule has 1 atom stereocenters. The van der Waals surface area contributed by atoms with Gasteiger partial charge in [-0.1, -0.05) is 5.11 Å². The first-order chi connectivity index (χ1) is 5.29. The summed E-state index contributed by atoms with van der Waals surface area (Å²) in [5, 5.41) is 15.6. The van der Waals surface area contributed by atoms with Gasteiger partial charge in [-0.2, -0.15) is 5.10 Å². The Morgan fingerprint density at radius 2 is 2.45 bits per heavy atom. The average molecular weight is 151 g/mol. The van der Waals surface area contributed by atoms with Crippen molar-refractivity contribution in [2.45, 2.75) is 0 Å². The van der Waals surface area contributed by atoms with E-state index in [1.807, 2.05) is 0 Å². The highest BCUT2D eigenvalue weighted by Crippen LogP contribution is 2.15. The third-order valence-corrected chi connectivity index (χ3v) is 1.56. The van der Waals surface area contributed by atoms with Crippen molar-refractivity contribution in [2.24, 2.45) is 26.5 Å². The number of fused-ring (bicyclic) bond motifs is 1. The second-order valence-electron chi connectivity index (χ2n) is 2.25. The zero-order chi connectivity index (χ0) is 7.84. The van der Waals surface area contributed by atoms with Crippen LogP contribution >= 0.6 is 0 Å². The molecule has 0 bridgehead atoms. The lowest BCUT2D eigenvalue weighted by Gasteiger charge is -2.10. The van der Waals surface area contributed by atoms with Gasteiger partial charge in [0, 0.05) is 13.3 Å². The summed E-state index contributed by atoms with van der Waals surface area (Å²) in [6.07, 6.45) is 1.51. The molecule has 0 N–H and O–H groups in total. The Morgan fingerprint density at radius 1 is 1.64 bits per heavy atom. The van der Waals surface area contributed by atoms with Gasteiger partial charge < -0.3 is 0 Å². The number of amides is 1. The van der Waals surface area contributed by atoms with Crippen molar-refractivity contribution in [2.75, 3.05) is 7.05 Å². The van der Waals surface area contributed by atoms with E-state index in [1.165, 1.54) is 11.2 Å². The van der Waals surface area contributed by atoms with Crippen LogP contribution in [0.15, 0.2) is 20.5 Å². The molecule has 6 nitrogen and oxygen atoms in total. The van der Waals surface area contributed by atoms with E-state index in [2.05, 4.69) is 20.5 Å². The molecule has 0 saturated heterocycles. The number of carbonyl (C=O) groups excluding carboxylic acids is 1. The topological polar surface area (TPSA) is 69.8 Å². The Morgan fingerprint density at radius 3 is 3.18 bits per heavy atom. The third-order valence-electron chi connectivity index (χ3n) is 1.56. The summed E-state index contributed by atoms with van der Waals surface area (Å²) in [6.45, 7) is 0. The first kappa shape index (κ1) is 6.14. The lowest BCUT2D eigenvalue weighted by Crippen LogP contribution is -2.29. The molecule has 0 aromatic carbocycles. The lowest BCUT2D eigenvalue weighted by molar-refractivity contribution is -0.118. The molecule has 0 saturated carbocycles. The van der Waals surface area contributed by atoms with Gasteiger partial charge in [0.15, 0.2) is 5.84 Å². The van der Waals surface area contributed by atoms with Crippen LogP contribution in [0.25, 0.3) is 0 Å². The molecule has 56 valence electrons. The van der Waals surface area contributed by atoms with Gasteiger partial charge in [0.25, 0.3) is 5.91 Å². The molecule has 1 unspecified atom stereocenters. The molecule has 0 fully saturated rings. The number of nitrogens with zero attached hydrogens (tertiary/aromatic N) is 5. The monoisotopic (exact) mass is 151 g/mol. The smallest absolute Gasteiger partial charge is 0.270 e. The van der Waals surface area contributed by atoms with Gasteiger partial charge in [-0.05, 0) is 5.22 Å². The van der Waals surface area contributed by atoms with Gasteiger partial charge in [-0.3, -0.25) is 9.80 Å². The highest BCUT2D eigenvalue weighted by atomic mass is 16.2.